The molecule has 0 unspecified atom stereocenters. The quantitative estimate of drug-likeness (QED) is 0.739. The first-order valence-corrected chi connectivity index (χ1v) is 11.7. The van der Waals surface area contributed by atoms with E-state index in [1.54, 1.807) is 0 Å². The van der Waals surface area contributed by atoms with Crippen LogP contribution in [0.1, 0.15) is 37.2 Å². The Morgan fingerprint density at radius 1 is 1.17 bits per heavy atom. The third-order valence-corrected chi connectivity index (χ3v) is 8.06. The van der Waals surface area contributed by atoms with Gasteiger partial charge in [0.25, 0.3) is 0 Å². The number of likely N-dealkylation sites (tertiary alicyclic amines) is 1. The second-order valence-electron chi connectivity index (χ2n) is 9.68. The average Bonchev–Trinajstić information content (AvgIpc) is 3.07. The Labute approximate surface area is 179 Å². The lowest BCUT2D eigenvalue weighted by Gasteiger charge is -2.26. The predicted molar refractivity (Wildman–Crippen MR) is 115 cm³/mol. The molecule has 2 N–H and O–H groups in total. The monoisotopic (exact) mass is 413 g/mol. The molecule has 1 aromatic carbocycles. The summed E-state index contributed by atoms with van der Waals surface area (Å²) in [5, 5.41) is 14.4. The standard InChI is InChI=1S/C24H35N3O3/c28-21-15-27(19-8-4-5-9-19)17-24(21)20(23(24)18-6-2-1-3-7-18)14-25-22(29)16-26-10-12-30-13-11-26/h1-3,6-7,19-21,23,28H,4-5,8-17H2,(H,25,29)/t20-,21+,23-,24-/m1/s1. The number of aliphatic hydroxyl groups excluding tert-OH is 1. The van der Waals surface area contributed by atoms with Crippen molar-refractivity contribution in [3.05, 3.63) is 35.9 Å². The first-order valence-electron chi connectivity index (χ1n) is 11.7. The van der Waals surface area contributed by atoms with E-state index in [0.29, 0.717) is 44.2 Å². The molecule has 30 heavy (non-hydrogen) atoms. The number of aliphatic hydroxyl groups is 1. The van der Waals surface area contributed by atoms with E-state index in [-0.39, 0.29) is 17.4 Å². The normalized spacial score (nSPS) is 35.2. The van der Waals surface area contributed by atoms with Gasteiger partial charge in [-0.15, -0.1) is 0 Å². The van der Waals surface area contributed by atoms with Gasteiger partial charge in [-0.05, 0) is 30.2 Å². The van der Waals surface area contributed by atoms with E-state index in [0.717, 1.165) is 26.2 Å². The van der Waals surface area contributed by atoms with Gasteiger partial charge in [0, 0.05) is 44.2 Å². The molecule has 4 fully saturated rings. The van der Waals surface area contributed by atoms with E-state index < -0.39 is 0 Å². The van der Waals surface area contributed by atoms with Gasteiger partial charge in [-0.3, -0.25) is 14.6 Å². The lowest BCUT2D eigenvalue weighted by atomic mass is 9.95. The number of carbonyl (C=O) groups excluding carboxylic acids is 1. The lowest BCUT2D eigenvalue weighted by molar-refractivity contribution is -0.123. The van der Waals surface area contributed by atoms with Crippen LogP contribution in [0.3, 0.4) is 0 Å². The number of amides is 1. The van der Waals surface area contributed by atoms with Gasteiger partial charge in [-0.2, -0.15) is 0 Å². The fourth-order valence-corrected chi connectivity index (χ4v) is 6.42. The zero-order valence-electron chi connectivity index (χ0n) is 17.8. The Morgan fingerprint density at radius 2 is 1.90 bits per heavy atom. The van der Waals surface area contributed by atoms with Crippen LogP contribution in [0, 0.1) is 11.3 Å². The fraction of sp³-hybridized carbons (Fsp3) is 0.708. The molecule has 4 aliphatic rings. The summed E-state index contributed by atoms with van der Waals surface area (Å²) in [5.74, 6) is 0.713. The second kappa shape index (κ2) is 8.58. The van der Waals surface area contributed by atoms with Crippen LogP contribution in [-0.2, 0) is 9.53 Å². The van der Waals surface area contributed by atoms with Crippen molar-refractivity contribution in [2.75, 3.05) is 52.5 Å². The third-order valence-electron chi connectivity index (χ3n) is 8.06. The maximum atomic E-state index is 12.6. The number of ether oxygens (including phenoxy) is 1. The Kier molecular flexibility index (Phi) is 5.84. The summed E-state index contributed by atoms with van der Waals surface area (Å²) in [4.78, 5) is 17.3. The Hall–Kier alpha value is -1.47. The molecule has 0 radical (unpaired) electrons. The summed E-state index contributed by atoms with van der Waals surface area (Å²) in [6.45, 7) is 5.89. The SMILES string of the molecule is O=C(CN1CCOCC1)NC[C@@H]1[C@@H](c2ccccc2)[C@]12CN(C1CCCC1)C[C@@H]2O. The van der Waals surface area contributed by atoms with E-state index in [1.165, 1.54) is 31.2 Å². The van der Waals surface area contributed by atoms with Gasteiger partial charge in [-0.1, -0.05) is 43.2 Å². The summed E-state index contributed by atoms with van der Waals surface area (Å²) in [5.41, 5.74) is 1.19. The summed E-state index contributed by atoms with van der Waals surface area (Å²) < 4.78 is 5.37. The smallest absolute Gasteiger partial charge is 0.234 e. The molecule has 1 amide bonds. The maximum absolute atomic E-state index is 12.6. The maximum Gasteiger partial charge on any atom is 0.234 e. The van der Waals surface area contributed by atoms with Crippen LogP contribution in [0.4, 0.5) is 0 Å². The molecule has 4 atom stereocenters. The molecule has 0 aromatic heterocycles. The third kappa shape index (κ3) is 3.79. The summed E-state index contributed by atoms with van der Waals surface area (Å²) in [6, 6.07) is 11.2. The van der Waals surface area contributed by atoms with Crippen molar-refractivity contribution in [2.45, 2.75) is 43.7 Å². The molecule has 1 spiro atoms. The van der Waals surface area contributed by atoms with E-state index in [2.05, 4.69) is 39.4 Å². The molecular formula is C24H35N3O3. The van der Waals surface area contributed by atoms with Crippen molar-refractivity contribution in [1.82, 2.24) is 15.1 Å². The molecule has 2 heterocycles. The highest BCUT2D eigenvalue weighted by molar-refractivity contribution is 5.78. The number of morpholine rings is 1. The predicted octanol–water partition coefficient (Wildman–Crippen LogP) is 1.45. The lowest BCUT2D eigenvalue weighted by Crippen LogP contribution is -2.43. The van der Waals surface area contributed by atoms with Gasteiger partial charge in [-0.25, -0.2) is 0 Å². The first kappa shape index (κ1) is 20.4. The molecular weight excluding hydrogens is 378 g/mol. The van der Waals surface area contributed by atoms with Crippen LogP contribution in [0.25, 0.3) is 0 Å². The van der Waals surface area contributed by atoms with Gasteiger partial charge >= 0.3 is 0 Å². The highest BCUT2D eigenvalue weighted by Crippen LogP contribution is 2.69. The number of nitrogens with zero attached hydrogens (tertiary/aromatic N) is 2. The van der Waals surface area contributed by atoms with Gasteiger partial charge < -0.3 is 15.2 Å². The van der Waals surface area contributed by atoms with Crippen molar-refractivity contribution in [2.24, 2.45) is 11.3 Å². The minimum Gasteiger partial charge on any atom is -0.391 e. The van der Waals surface area contributed by atoms with Crippen molar-refractivity contribution < 1.29 is 14.6 Å². The van der Waals surface area contributed by atoms with Crippen molar-refractivity contribution in [3.63, 3.8) is 0 Å². The molecule has 0 bridgehead atoms. The number of carbonyl (C=O) groups is 1. The number of β-amino-alcohol motifs (C(OH)–C–C–N with tert-alkyl or cyclic N) is 1. The number of benzene rings is 1. The molecule has 164 valence electrons. The number of rotatable bonds is 6. The summed E-state index contributed by atoms with van der Waals surface area (Å²) in [6.07, 6.45) is 4.84. The van der Waals surface area contributed by atoms with Crippen LogP contribution < -0.4 is 5.32 Å². The molecule has 2 saturated heterocycles. The fourth-order valence-electron chi connectivity index (χ4n) is 6.42. The molecule has 5 rings (SSSR count). The highest BCUT2D eigenvalue weighted by Gasteiger charge is 2.71. The van der Waals surface area contributed by atoms with E-state index in [1.807, 2.05) is 6.07 Å². The summed E-state index contributed by atoms with van der Waals surface area (Å²) in [7, 11) is 0. The summed E-state index contributed by atoms with van der Waals surface area (Å²) >= 11 is 0. The number of hydrogen-bond donors (Lipinski definition) is 2. The van der Waals surface area contributed by atoms with Crippen LogP contribution in [0.2, 0.25) is 0 Å². The number of hydrogen-bond acceptors (Lipinski definition) is 5. The Bertz CT molecular complexity index is 732. The van der Waals surface area contributed by atoms with Crippen LogP contribution >= 0.6 is 0 Å². The Morgan fingerprint density at radius 3 is 2.63 bits per heavy atom. The zero-order valence-corrected chi connectivity index (χ0v) is 17.8. The first-order chi connectivity index (χ1) is 14.7. The number of nitrogens with one attached hydrogen (secondary N) is 1. The van der Waals surface area contributed by atoms with Gasteiger partial charge in [0.1, 0.15) is 0 Å². The molecule has 2 aliphatic heterocycles. The topological polar surface area (TPSA) is 65.0 Å². The van der Waals surface area contributed by atoms with Crippen LogP contribution in [0.15, 0.2) is 30.3 Å². The molecule has 2 aliphatic carbocycles. The van der Waals surface area contributed by atoms with Gasteiger partial charge in [0.2, 0.25) is 5.91 Å². The molecule has 6 nitrogen and oxygen atoms in total. The van der Waals surface area contributed by atoms with Crippen LogP contribution in [0.5, 0.6) is 0 Å². The van der Waals surface area contributed by atoms with Gasteiger partial charge in [0.05, 0.1) is 25.9 Å². The molecule has 1 aromatic rings. The molecule has 6 heteroatoms. The average molecular weight is 414 g/mol. The highest BCUT2D eigenvalue weighted by atomic mass is 16.5. The molecule has 2 saturated carbocycles. The van der Waals surface area contributed by atoms with E-state index in [9.17, 15) is 9.90 Å². The van der Waals surface area contributed by atoms with Crippen molar-refractivity contribution >= 4 is 5.91 Å². The van der Waals surface area contributed by atoms with E-state index in [4.69, 9.17) is 4.74 Å². The van der Waals surface area contributed by atoms with Crippen molar-refractivity contribution in [1.29, 1.82) is 0 Å². The Balaban J connectivity index is 1.26. The minimum atomic E-state index is -0.315. The van der Waals surface area contributed by atoms with Crippen molar-refractivity contribution in [3.8, 4) is 0 Å². The van der Waals surface area contributed by atoms with Gasteiger partial charge in [0.15, 0.2) is 0 Å². The van der Waals surface area contributed by atoms with Crippen LogP contribution in [-0.4, -0.2) is 85.4 Å². The minimum absolute atomic E-state index is 0.0888. The zero-order chi connectivity index (χ0) is 20.6. The van der Waals surface area contributed by atoms with E-state index >= 15 is 0 Å². The second-order valence-corrected chi connectivity index (χ2v) is 9.68. The largest absolute Gasteiger partial charge is 0.391 e.